The number of aryl methyl sites for hydroxylation is 1. The van der Waals surface area contributed by atoms with E-state index in [1.807, 2.05) is 30.5 Å². The SMILES string of the molecule is CCn1c(SCC(=O)Nc2cc(C)ccc2OC)nnc1[C@H](C)NC(=O)c1ccccc1F. The van der Waals surface area contributed by atoms with Crippen molar-refractivity contribution >= 4 is 29.3 Å². The molecule has 0 spiro atoms. The van der Waals surface area contributed by atoms with Crippen LogP contribution in [0.1, 0.15) is 41.6 Å². The fraction of sp³-hybridized carbons (Fsp3) is 0.304. The molecule has 0 saturated carbocycles. The zero-order chi connectivity index (χ0) is 24.0. The van der Waals surface area contributed by atoms with Crippen LogP contribution in [0.15, 0.2) is 47.6 Å². The highest BCUT2D eigenvalue weighted by molar-refractivity contribution is 7.99. The Morgan fingerprint density at radius 1 is 1.21 bits per heavy atom. The average molecular weight is 472 g/mol. The maximum Gasteiger partial charge on any atom is 0.254 e. The van der Waals surface area contributed by atoms with Crippen molar-refractivity contribution < 1.29 is 18.7 Å². The van der Waals surface area contributed by atoms with Gasteiger partial charge in [-0.15, -0.1) is 10.2 Å². The smallest absolute Gasteiger partial charge is 0.254 e. The lowest BCUT2D eigenvalue weighted by molar-refractivity contribution is -0.113. The molecule has 0 fully saturated rings. The Bertz CT molecular complexity index is 1150. The molecule has 174 valence electrons. The summed E-state index contributed by atoms with van der Waals surface area (Å²) in [6.07, 6.45) is 0. The van der Waals surface area contributed by atoms with Crippen molar-refractivity contribution in [2.75, 3.05) is 18.2 Å². The number of methoxy groups -OCH3 is 1. The Balaban J connectivity index is 1.65. The molecule has 33 heavy (non-hydrogen) atoms. The average Bonchev–Trinajstić information content (AvgIpc) is 3.21. The van der Waals surface area contributed by atoms with Gasteiger partial charge in [0.15, 0.2) is 11.0 Å². The summed E-state index contributed by atoms with van der Waals surface area (Å²) in [6, 6.07) is 10.8. The van der Waals surface area contributed by atoms with Gasteiger partial charge in [0.2, 0.25) is 5.91 Å². The minimum absolute atomic E-state index is 0.0373. The summed E-state index contributed by atoms with van der Waals surface area (Å²) in [5.41, 5.74) is 1.57. The van der Waals surface area contributed by atoms with Crippen molar-refractivity contribution in [3.8, 4) is 5.75 Å². The van der Waals surface area contributed by atoms with E-state index < -0.39 is 17.8 Å². The third kappa shape index (κ3) is 5.89. The normalized spacial score (nSPS) is 11.7. The lowest BCUT2D eigenvalue weighted by Crippen LogP contribution is -2.29. The van der Waals surface area contributed by atoms with E-state index in [9.17, 15) is 14.0 Å². The van der Waals surface area contributed by atoms with Crippen molar-refractivity contribution in [1.82, 2.24) is 20.1 Å². The molecule has 8 nitrogen and oxygen atoms in total. The summed E-state index contributed by atoms with van der Waals surface area (Å²) >= 11 is 1.24. The van der Waals surface area contributed by atoms with Crippen molar-refractivity contribution in [3.05, 3.63) is 65.2 Å². The van der Waals surface area contributed by atoms with Gasteiger partial charge in [-0.3, -0.25) is 9.59 Å². The number of anilines is 1. The summed E-state index contributed by atoms with van der Waals surface area (Å²) in [7, 11) is 1.55. The minimum Gasteiger partial charge on any atom is -0.495 e. The van der Waals surface area contributed by atoms with Gasteiger partial charge in [-0.25, -0.2) is 4.39 Å². The Labute approximate surface area is 195 Å². The number of hydrogen-bond donors (Lipinski definition) is 2. The van der Waals surface area contributed by atoms with E-state index in [2.05, 4.69) is 20.8 Å². The predicted molar refractivity (Wildman–Crippen MR) is 125 cm³/mol. The molecule has 0 aliphatic carbocycles. The molecule has 2 aromatic carbocycles. The van der Waals surface area contributed by atoms with E-state index in [1.165, 1.54) is 30.0 Å². The molecule has 0 aliphatic rings. The second kappa shape index (κ2) is 11.0. The largest absolute Gasteiger partial charge is 0.495 e. The highest BCUT2D eigenvalue weighted by Gasteiger charge is 2.21. The molecule has 10 heteroatoms. The quantitative estimate of drug-likeness (QED) is 0.458. The highest BCUT2D eigenvalue weighted by atomic mass is 32.2. The summed E-state index contributed by atoms with van der Waals surface area (Å²) < 4.78 is 21.0. The van der Waals surface area contributed by atoms with Crippen LogP contribution in [-0.2, 0) is 11.3 Å². The number of rotatable bonds is 9. The van der Waals surface area contributed by atoms with Crippen LogP contribution >= 0.6 is 11.8 Å². The van der Waals surface area contributed by atoms with Crippen LogP contribution in [0, 0.1) is 12.7 Å². The first-order chi connectivity index (χ1) is 15.8. The minimum atomic E-state index is -0.591. The zero-order valence-electron chi connectivity index (χ0n) is 18.9. The Morgan fingerprint density at radius 3 is 2.67 bits per heavy atom. The molecule has 0 unspecified atom stereocenters. The zero-order valence-corrected chi connectivity index (χ0v) is 19.7. The van der Waals surface area contributed by atoms with Crippen molar-refractivity contribution in [1.29, 1.82) is 0 Å². The van der Waals surface area contributed by atoms with Gasteiger partial charge in [-0.2, -0.15) is 0 Å². The third-order valence-electron chi connectivity index (χ3n) is 4.88. The van der Waals surface area contributed by atoms with Crippen LogP contribution in [0.25, 0.3) is 0 Å². The Morgan fingerprint density at radius 2 is 1.97 bits per heavy atom. The van der Waals surface area contributed by atoms with E-state index in [-0.39, 0.29) is 17.2 Å². The van der Waals surface area contributed by atoms with Crippen LogP contribution in [0.2, 0.25) is 0 Å². The predicted octanol–water partition coefficient (Wildman–Crippen LogP) is 3.98. The Hall–Kier alpha value is -3.40. The molecule has 3 rings (SSSR count). The summed E-state index contributed by atoms with van der Waals surface area (Å²) in [5, 5.41) is 14.5. The maximum absolute atomic E-state index is 13.9. The number of halogens is 1. The Kier molecular flexibility index (Phi) is 8.05. The van der Waals surface area contributed by atoms with Crippen LogP contribution in [-0.4, -0.2) is 39.4 Å². The number of nitrogens with zero attached hydrogens (tertiary/aromatic N) is 3. The molecule has 1 atom stereocenters. The third-order valence-corrected chi connectivity index (χ3v) is 5.84. The lowest BCUT2D eigenvalue weighted by atomic mass is 10.2. The van der Waals surface area contributed by atoms with Gasteiger partial charge in [0.25, 0.3) is 5.91 Å². The number of ether oxygens (including phenoxy) is 1. The van der Waals surface area contributed by atoms with Gasteiger partial charge in [-0.1, -0.05) is 30.0 Å². The van der Waals surface area contributed by atoms with Crippen molar-refractivity contribution in [2.45, 2.75) is 38.5 Å². The number of aromatic nitrogens is 3. The first kappa shape index (κ1) is 24.2. The number of nitrogens with one attached hydrogen (secondary N) is 2. The molecule has 0 bridgehead atoms. The van der Waals surface area contributed by atoms with Gasteiger partial charge < -0.3 is 19.9 Å². The fourth-order valence-corrected chi connectivity index (χ4v) is 4.05. The van der Waals surface area contributed by atoms with E-state index in [4.69, 9.17) is 4.74 Å². The summed E-state index contributed by atoms with van der Waals surface area (Å²) in [4.78, 5) is 24.9. The molecule has 3 aromatic rings. The van der Waals surface area contributed by atoms with Crippen LogP contribution < -0.4 is 15.4 Å². The van der Waals surface area contributed by atoms with Gasteiger partial charge in [-0.05, 0) is 50.6 Å². The second-order valence-electron chi connectivity index (χ2n) is 7.30. The molecular formula is C23H26FN5O3S. The molecule has 0 radical (unpaired) electrons. The monoisotopic (exact) mass is 471 g/mol. The summed E-state index contributed by atoms with van der Waals surface area (Å²) in [5.74, 6) is -0.121. The molecule has 2 amide bonds. The second-order valence-corrected chi connectivity index (χ2v) is 8.24. The lowest BCUT2D eigenvalue weighted by Gasteiger charge is -2.15. The molecule has 1 heterocycles. The van der Waals surface area contributed by atoms with Gasteiger partial charge in [0.05, 0.1) is 30.2 Å². The first-order valence-electron chi connectivity index (χ1n) is 10.4. The number of carbonyl (C=O) groups excluding carboxylic acids is 2. The van der Waals surface area contributed by atoms with Crippen molar-refractivity contribution in [3.63, 3.8) is 0 Å². The van der Waals surface area contributed by atoms with Gasteiger partial charge in [0, 0.05) is 6.54 Å². The van der Waals surface area contributed by atoms with E-state index in [0.717, 1.165) is 5.56 Å². The maximum atomic E-state index is 13.9. The van der Waals surface area contributed by atoms with E-state index >= 15 is 0 Å². The fourth-order valence-electron chi connectivity index (χ4n) is 3.24. The molecule has 2 N–H and O–H groups in total. The van der Waals surface area contributed by atoms with E-state index in [0.29, 0.717) is 29.0 Å². The number of amides is 2. The summed E-state index contributed by atoms with van der Waals surface area (Å²) in [6.45, 7) is 6.14. The van der Waals surface area contributed by atoms with Gasteiger partial charge in [0.1, 0.15) is 11.6 Å². The standard InChI is InChI=1S/C23H26FN5O3S/c1-5-29-21(15(3)25-22(31)16-8-6-7-9-17(16)24)27-28-23(29)33-13-20(30)26-18-12-14(2)10-11-19(18)32-4/h6-12,15H,5,13H2,1-4H3,(H,25,31)(H,26,30)/t15-/m0/s1. The van der Waals surface area contributed by atoms with Crippen LogP contribution in [0.5, 0.6) is 5.75 Å². The number of benzene rings is 2. The number of hydrogen-bond acceptors (Lipinski definition) is 6. The molecular weight excluding hydrogens is 445 g/mol. The molecule has 0 aliphatic heterocycles. The van der Waals surface area contributed by atoms with Crippen molar-refractivity contribution in [2.24, 2.45) is 0 Å². The number of thioether (sulfide) groups is 1. The highest BCUT2D eigenvalue weighted by Crippen LogP contribution is 2.26. The molecule has 0 saturated heterocycles. The number of carbonyl (C=O) groups is 2. The first-order valence-corrected chi connectivity index (χ1v) is 11.4. The van der Waals surface area contributed by atoms with Crippen LogP contribution in [0.4, 0.5) is 10.1 Å². The van der Waals surface area contributed by atoms with E-state index in [1.54, 1.807) is 26.2 Å². The van der Waals surface area contributed by atoms with Gasteiger partial charge >= 0.3 is 0 Å². The topological polar surface area (TPSA) is 98.1 Å². The van der Waals surface area contributed by atoms with Crippen LogP contribution in [0.3, 0.4) is 0 Å². The molecule has 1 aromatic heterocycles.